The zero-order valence-electron chi connectivity index (χ0n) is 9.71. The van der Waals surface area contributed by atoms with E-state index in [1.165, 1.54) is 25.1 Å². The average Bonchev–Trinajstić information content (AvgIpc) is 2.81. The number of carbonyl (C=O) groups excluding carboxylic acids is 1. The number of carbonyl (C=O) groups is 1. The van der Waals surface area contributed by atoms with Gasteiger partial charge in [-0.15, -0.1) is 0 Å². The number of rotatable bonds is 4. The number of aromatic amines is 1. The maximum Gasteiger partial charge on any atom is 0.265 e. The van der Waals surface area contributed by atoms with Crippen molar-refractivity contribution in [3.05, 3.63) is 35.1 Å². The second kappa shape index (κ2) is 4.98. The van der Waals surface area contributed by atoms with E-state index in [1.54, 1.807) is 0 Å². The molecule has 0 aliphatic heterocycles. The minimum atomic E-state index is -3.94. The summed E-state index contributed by atoms with van der Waals surface area (Å²) >= 11 is 5.85. The quantitative estimate of drug-likeness (QED) is 0.832. The summed E-state index contributed by atoms with van der Waals surface area (Å²) in [6.45, 7) is 1.34. The molecule has 9 heteroatoms. The van der Waals surface area contributed by atoms with E-state index < -0.39 is 10.0 Å². The predicted octanol–water partition coefficient (Wildman–Crippen LogP) is 1.46. The molecular formula is C10H9ClN4O3S. The average molecular weight is 301 g/mol. The fourth-order valence-corrected chi connectivity index (χ4v) is 2.86. The summed E-state index contributed by atoms with van der Waals surface area (Å²) < 4.78 is 26.4. The number of H-pyrrole nitrogens is 1. The number of ketones is 1. The molecule has 2 rings (SSSR count). The van der Waals surface area contributed by atoms with Gasteiger partial charge in [0.05, 0.1) is 5.02 Å². The van der Waals surface area contributed by atoms with Gasteiger partial charge in [-0.05, 0) is 25.1 Å². The minimum absolute atomic E-state index is 0.0111. The third-order valence-electron chi connectivity index (χ3n) is 2.27. The summed E-state index contributed by atoms with van der Waals surface area (Å²) in [5, 5.41) is 5.89. The summed E-state index contributed by atoms with van der Waals surface area (Å²) in [5.41, 5.74) is 0.252. The van der Waals surface area contributed by atoms with E-state index >= 15 is 0 Å². The molecule has 0 aliphatic carbocycles. The number of aromatic nitrogens is 3. The molecule has 0 saturated heterocycles. The van der Waals surface area contributed by atoms with Crippen LogP contribution in [0.2, 0.25) is 5.02 Å². The first kappa shape index (κ1) is 13.5. The molecule has 2 N–H and O–H groups in total. The smallest absolute Gasteiger partial charge is 0.265 e. The molecule has 0 amide bonds. The van der Waals surface area contributed by atoms with Crippen LogP contribution >= 0.6 is 11.6 Å². The Hall–Kier alpha value is -1.93. The lowest BCUT2D eigenvalue weighted by Crippen LogP contribution is -2.15. The number of nitrogens with zero attached hydrogens (tertiary/aromatic N) is 2. The van der Waals surface area contributed by atoms with Crippen molar-refractivity contribution in [2.45, 2.75) is 11.8 Å². The number of hydrogen-bond acceptors (Lipinski definition) is 5. The van der Waals surface area contributed by atoms with Crippen LogP contribution in [0.1, 0.15) is 17.3 Å². The number of hydrogen-bond donors (Lipinski definition) is 2. The molecule has 0 spiro atoms. The number of benzene rings is 1. The third-order valence-corrected chi connectivity index (χ3v) is 4.09. The Labute approximate surface area is 114 Å². The van der Waals surface area contributed by atoms with Crippen LogP contribution in [0.5, 0.6) is 0 Å². The maximum absolute atomic E-state index is 12.1. The van der Waals surface area contributed by atoms with Crippen molar-refractivity contribution in [2.24, 2.45) is 0 Å². The van der Waals surface area contributed by atoms with E-state index in [-0.39, 0.29) is 27.2 Å². The van der Waals surface area contributed by atoms with Gasteiger partial charge < -0.3 is 0 Å². The molecule has 0 bridgehead atoms. The predicted molar refractivity (Wildman–Crippen MR) is 68.6 cm³/mol. The highest BCUT2D eigenvalue weighted by atomic mass is 35.5. The molecule has 100 valence electrons. The molecule has 1 aromatic carbocycles. The van der Waals surface area contributed by atoms with Crippen molar-refractivity contribution < 1.29 is 13.2 Å². The van der Waals surface area contributed by atoms with Crippen LogP contribution in [0, 0.1) is 0 Å². The zero-order valence-corrected chi connectivity index (χ0v) is 11.3. The summed E-state index contributed by atoms with van der Waals surface area (Å²) in [6, 6.07) is 4.02. The molecule has 0 aliphatic rings. The van der Waals surface area contributed by atoms with Crippen molar-refractivity contribution in [1.82, 2.24) is 15.2 Å². The van der Waals surface area contributed by atoms with Gasteiger partial charge in [-0.2, -0.15) is 10.1 Å². The van der Waals surface area contributed by atoms with Gasteiger partial charge in [-0.1, -0.05) is 11.6 Å². The molecule has 7 nitrogen and oxygen atoms in total. The number of nitrogens with one attached hydrogen (secondary N) is 2. The summed E-state index contributed by atoms with van der Waals surface area (Å²) in [5.74, 6) is -0.294. The second-order valence-corrected chi connectivity index (χ2v) is 5.70. The first-order valence-corrected chi connectivity index (χ1v) is 6.95. The van der Waals surface area contributed by atoms with Gasteiger partial charge in [-0.25, -0.2) is 18.2 Å². The highest BCUT2D eigenvalue weighted by Gasteiger charge is 2.20. The zero-order chi connectivity index (χ0) is 14.0. The van der Waals surface area contributed by atoms with Crippen molar-refractivity contribution in [3.63, 3.8) is 0 Å². The van der Waals surface area contributed by atoms with E-state index in [4.69, 9.17) is 11.6 Å². The van der Waals surface area contributed by atoms with Crippen molar-refractivity contribution in [2.75, 3.05) is 4.72 Å². The van der Waals surface area contributed by atoms with E-state index in [0.717, 1.165) is 6.33 Å². The molecule has 0 fully saturated rings. The van der Waals surface area contributed by atoms with Crippen LogP contribution in [-0.2, 0) is 10.0 Å². The normalized spacial score (nSPS) is 11.3. The Bertz CT molecular complexity index is 712. The van der Waals surface area contributed by atoms with E-state index in [1.807, 2.05) is 0 Å². The Kier molecular flexibility index (Phi) is 3.54. The van der Waals surface area contributed by atoms with Crippen molar-refractivity contribution in [1.29, 1.82) is 0 Å². The topological polar surface area (TPSA) is 105 Å². The molecule has 0 radical (unpaired) electrons. The van der Waals surface area contributed by atoms with E-state index in [9.17, 15) is 13.2 Å². The number of Topliss-reactive ketones (excluding diaryl/α,β-unsaturated/α-hetero) is 1. The maximum atomic E-state index is 12.1. The van der Waals surface area contributed by atoms with E-state index in [0.29, 0.717) is 0 Å². The minimum Gasteiger partial charge on any atom is -0.295 e. The lowest BCUT2D eigenvalue weighted by molar-refractivity contribution is 0.101. The molecule has 1 heterocycles. The molecule has 0 atom stereocenters. The van der Waals surface area contributed by atoms with Gasteiger partial charge in [-0.3, -0.25) is 4.79 Å². The Balaban J connectivity index is 2.45. The molecule has 2 aromatic rings. The molecular weight excluding hydrogens is 292 g/mol. The summed E-state index contributed by atoms with van der Waals surface area (Å²) in [4.78, 5) is 14.7. The SMILES string of the molecule is CC(=O)c1ccc(Cl)c(S(=O)(=O)Nc2ncn[nH]2)c1. The third kappa shape index (κ3) is 2.91. The first-order chi connectivity index (χ1) is 8.90. The largest absolute Gasteiger partial charge is 0.295 e. The van der Waals surface area contributed by atoms with Crippen molar-refractivity contribution in [3.8, 4) is 0 Å². The fourth-order valence-electron chi connectivity index (χ4n) is 1.37. The number of halogens is 1. The van der Waals surface area contributed by atoms with Crippen LogP contribution in [0.15, 0.2) is 29.4 Å². The molecule has 0 unspecified atom stereocenters. The van der Waals surface area contributed by atoms with Crippen LogP contribution < -0.4 is 4.72 Å². The monoisotopic (exact) mass is 300 g/mol. The van der Waals surface area contributed by atoms with Crippen LogP contribution in [0.4, 0.5) is 5.95 Å². The van der Waals surface area contributed by atoms with Gasteiger partial charge in [0, 0.05) is 5.56 Å². The lowest BCUT2D eigenvalue weighted by atomic mass is 10.1. The highest BCUT2D eigenvalue weighted by Crippen LogP contribution is 2.24. The highest BCUT2D eigenvalue weighted by molar-refractivity contribution is 7.92. The standard InChI is InChI=1S/C10H9ClN4O3S/c1-6(16)7-2-3-8(11)9(4-7)19(17,18)15-10-12-5-13-14-10/h2-5H,1H3,(H2,12,13,14,15). The number of anilines is 1. The second-order valence-electron chi connectivity index (χ2n) is 3.64. The Morgan fingerprint density at radius 2 is 2.16 bits per heavy atom. The van der Waals surface area contributed by atoms with Crippen LogP contribution in [-0.4, -0.2) is 29.4 Å². The van der Waals surface area contributed by atoms with Gasteiger partial charge in [0.25, 0.3) is 10.0 Å². The summed E-state index contributed by atoms with van der Waals surface area (Å²) in [6.07, 6.45) is 1.16. The molecule has 19 heavy (non-hydrogen) atoms. The fraction of sp³-hybridized carbons (Fsp3) is 0.100. The van der Waals surface area contributed by atoms with Crippen LogP contribution in [0.3, 0.4) is 0 Å². The molecule has 0 saturated carbocycles. The Morgan fingerprint density at radius 1 is 1.42 bits per heavy atom. The molecule has 1 aromatic heterocycles. The Morgan fingerprint density at radius 3 is 2.74 bits per heavy atom. The lowest BCUT2D eigenvalue weighted by Gasteiger charge is -2.08. The van der Waals surface area contributed by atoms with E-state index in [2.05, 4.69) is 19.9 Å². The van der Waals surface area contributed by atoms with Gasteiger partial charge >= 0.3 is 0 Å². The van der Waals surface area contributed by atoms with Gasteiger partial charge in [0.2, 0.25) is 5.95 Å². The number of sulfonamides is 1. The summed E-state index contributed by atoms with van der Waals surface area (Å²) in [7, 11) is -3.94. The van der Waals surface area contributed by atoms with Gasteiger partial charge in [0.15, 0.2) is 5.78 Å². The van der Waals surface area contributed by atoms with Crippen molar-refractivity contribution >= 4 is 33.4 Å². The first-order valence-electron chi connectivity index (χ1n) is 5.09. The van der Waals surface area contributed by atoms with Crippen LogP contribution in [0.25, 0.3) is 0 Å². The van der Waals surface area contributed by atoms with Gasteiger partial charge in [0.1, 0.15) is 11.2 Å².